The van der Waals surface area contributed by atoms with Crippen LogP contribution in [0.4, 0.5) is 16.2 Å². The van der Waals surface area contributed by atoms with Crippen molar-refractivity contribution in [1.29, 1.82) is 0 Å². The molecule has 0 aliphatic heterocycles. The maximum atomic E-state index is 12.0. The van der Waals surface area contributed by atoms with E-state index in [0.717, 1.165) is 0 Å². The molecular formula is C17H19N3O2. The van der Waals surface area contributed by atoms with Crippen LogP contribution in [0.1, 0.15) is 35.7 Å². The maximum absolute atomic E-state index is 12.0. The number of urea groups is 1. The van der Waals surface area contributed by atoms with Crippen LogP contribution < -0.4 is 16.4 Å². The van der Waals surface area contributed by atoms with Crippen LogP contribution in [0.3, 0.4) is 0 Å². The fraction of sp³-hybridized carbons (Fsp3) is 0.176. The van der Waals surface area contributed by atoms with E-state index in [1.165, 1.54) is 5.56 Å². The van der Waals surface area contributed by atoms with Crippen LogP contribution >= 0.6 is 0 Å². The second kappa shape index (κ2) is 6.76. The van der Waals surface area contributed by atoms with Gasteiger partial charge in [-0.3, -0.25) is 4.79 Å². The second-order valence-corrected chi connectivity index (χ2v) is 5.27. The van der Waals surface area contributed by atoms with Crippen molar-refractivity contribution < 1.29 is 9.59 Å². The van der Waals surface area contributed by atoms with Gasteiger partial charge in [0.05, 0.1) is 11.3 Å². The first-order chi connectivity index (χ1) is 10.5. The highest BCUT2D eigenvalue weighted by Gasteiger charge is 2.10. The number of primary amides is 1. The van der Waals surface area contributed by atoms with E-state index in [0.29, 0.717) is 17.3 Å². The smallest absolute Gasteiger partial charge is 0.323 e. The van der Waals surface area contributed by atoms with Crippen LogP contribution in [-0.2, 0) is 0 Å². The predicted molar refractivity (Wildman–Crippen MR) is 88.1 cm³/mol. The van der Waals surface area contributed by atoms with Gasteiger partial charge in [-0.05, 0) is 35.7 Å². The number of nitrogens with one attached hydrogen (secondary N) is 2. The molecule has 0 aliphatic carbocycles. The van der Waals surface area contributed by atoms with Crippen molar-refractivity contribution in [3.8, 4) is 0 Å². The van der Waals surface area contributed by atoms with E-state index < -0.39 is 11.9 Å². The van der Waals surface area contributed by atoms with Gasteiger partial charge in [0.25, 0.3) is 5.91 Å². The number of hydrogen-bond donors (Lipinski definition) is 3. The summed E-state index contributed by atoms with van der Waals surface area (Å²) in [5.74, 6) is -0.150. The van der Waals surface area contributed by atoms with Crippen LogP contribution in [0.2, 0.25) is 0 Å². The Bertz CT molecular complexity index is 679. The van der Waals surface area contributed by atoms with Crippen LogP contribution in [0, 0.1) is 0 Å². The molecule has 4 N–H and O–H groups in total. The average Bonchev–Trinajstić information content (AvgIpc) is 2.48. The molecule has 0 aromatic heterocycles. The van der Waals surface area contributed by atoms with Gasteiger partial charge in [0.1, 0.15) is 0 Å². The third-order valence-electron chi connectivity index (χ3n) is 3.28. The first-order valence-electron chi connectivity index (χ1n) is 7.04. The third-order valence-corrected chi connectivity index (χ3v) is 3.28. The zero-order valence-electron chi connectivity index (χ0n) is 12.6. The minimum absolute atomic E-state index is 0.271. The number of benzene rings is 2. The van der Waals surface area contributed by atoms with Gasteiger partial charge in [0.2, 0.25) is 0 Å². The van der Waals surface area contributed by atoms with Crippen molar-refractivity contribution in [3.05, 3.63) is 59.7 Å². The lowest BCUT2D eigenvalue weighted by atomic mass is 10.0. The molecule has 0 fully saturated rings. The number of para-hydroxylation sites is 1. The summed E-state index contributed by atoms with van der Waals surface area (Å²) >= 11 is 0. The average molecular weight is 297 g/mol. The number of amides is 3. The number of nitrogens with two attached hydrogens (primary N) is 1. The molecule has 0 aliphatic rings. The van der Waals surface area contributed by atoms with E-state index in [4.69, 9.17) is 5.73 Å². The minimum atomic E-state index is -0.586. The number of rotatable bonds is 4. The van der Waals surface area contributed by atoms with Gasteiger partial charge in [-0.2, -0.15) is 0 Å². The zero-order chi connectivity index (χ0) is 16.1. The largest absolute Gasteiger partial charge is 0.366 e. The molecule has 3 amide bonds. The molecule has 0 radical (unpaired) electrons. The van der Waals surface area contributed by atoms with Crippen molar-refractivity contribution in [2.75, 3.05) is 10.6 Å². The lowest BCUT2D eigenvalue weighted by molar-refractivity contribution is 0.100. The van der Waals surface area contributed by atoms with Crippen LogP contribution in [-0.4, -0.2) is 11.9 Å². The van der Waals surface area contributed by atoms with Gasteiger partial charge in [-0.1, -0.05) is 38.1 Å². The molecule has 0 saturated heterocycles. The van der Waals surface area contributed by atoms with E-state index in [-0.39, 0.29) is 5.56 Å². The van der Waals surface area contributed by atoms with Gasteiger partial charge >= 0.3 is 6.03 Å². The molecule has 0 unspecified atom stereocenters. The van der Waals surface area contributed by atoms with E-state index >= 15 is 0 Å². The summed E-state index contributed by atoms with van der Waals surface area (Å²) in [5, 5.41) is 5.35. The van der Waals surface area contributed by atoms with Gasteiger partial charge in [-0.25, -0.2) is 4.79 Å². The van der Waals surface area contributed by atoms with Gasteiger partial charge in [0, 0.05) is 5.69 Å². The summed E-state index contributed by atoms with van der Waals surface area (Å²) in [4.78, 5) is 23.3. The molecule has 0 atom stereocenters. The van der Waals surface area contributed by atoms with E-state index in [9.17, 15) is 9.59 Å². The molecule has 2 rings (SSSR count). The SMILES string of the molecule is CC(C)c1ccc(NC(=O)Nc2ccccc2C(N)=O)cc1. The Labute approximate surface area is 129 Å². The number of anilines is 2. The molecular weight excluding hydrogens is 278 g/mol. The molecule has 22 heavy (non-hydrogen) atoms. The third kappa shape index (κ3) is 3.85. The zero-order valence-corrected chi connectivity index (χ0v) is 12.6. The first-order valence-corrected chi connectivity index (χ1v) is 7.04. The van der Waals surface area contributed by atoms with Crippen molar-refractivity contribution >= 4 is 23.3 Å². The van der Waals surface area contributed by atoms with Crippen LogP contribution in [0.15, 0.2) is 48.5 Å². The molecule has 2 aromatic rings. The summed E-state index contributed by atoms with van der Waals surface area (Å²) < 4.78 is 0. The summed E-state index contributed by atoms with van der Waals surface area (Å²) in [6.07, 6.45) is 0. The minimum Gasteiger partial charge on any atom is -0.366 e. The van der Waals surface area contributed by atoms with Crippen molar-refractivity contribution in [3.63, 3.8) is 0 Å². The molecule has 0 bridgehead atoms. The van der Waals surface area contributed by atoms with Gasteiger partial charge in [0.15, 0.2) is 0 Å². The van der Waals surface area contributed by atoms with E-state index in [1.54, 1.807) is 24.3 Å². The summed E-state index contributed by atoms with van der Waals surface area (Å²) in [5.41, 5.74) is 7.81. The Morgan fingerprint density at radius 1 is 0.955 bits per heavy atom. The van der Waals surface area contributed by atoms with Crippen molar-refractivity contribution in [2.45, 2.75) is 19.8 Å². The monoisotopic (exact) mass is 297 g/mol. The molecule has 0 heterocycles. The van der Waals surface area contributed by atoms with E-state index in [2.05, 4.69) is 24.5 Å². The van der Waals surface area contributed by atoms with Gasteiger partial charge in [-0.15, -0.1) is 0 Å². The van der Waals surface area contributed by atoms with Crippen LogP contribution in [0.5, 0.6) is 0 Å². The summed E-state index contributed by atoms with van der Waals surface area (Å²) in [6.45, 7) is 4.21. The predicted octanol–water partition coefficient (Wildman–Crippen LogP) is 3.55. The fourth-order valence-corrected chi connectivity index (χ4v) is 2.04. The Morgan fingerprint density at radius 2 is 1.59 bits per heavy atom. The van der Waals surface area contributed by atoms with Crippen LogP contribution in [0.25, 0.3) is 0 Å². The summed E-state index contributed by atoms with van der Waals surface area (Å²) in [7, 11) is 0. The maximum Gasteiger partial charge on any atom is 0.323 e. The normalized spacial score (nSPS) is 10.3. The molecule has 5 heteroatoms. The Hall–Kier alpha value is -2.82. The lowest BCUT2D eigenvalue weighted by Gasteiger charge is -2.11. The quantitative estimate of drug-likeness (QED) is 0.806. The molecule has 0 saturated carbocycles. The first kappa shape index (κ1) is 15.6. The highest BCUT2D eigenvalue weighted by Crippen LogP contribution is 2.18. The van der Waals surface area contributed by atoms with Gasteiger partial charge < -0.3 is 16.4 Å². The fourth-order valence-electron chi connectivity index (χ4n) is 2.04. The topological polar surface area (TPSA) is 84.2 Å². The number of carbonyl (C=O) groups is 2. The highest BCUT2D eigenvalue weighted by atomic mass is 16.2. The highest BCUT2D eigenvalue weighted by molar-refractivity contribution is 6.06. The lowest BCUT2D eigenvalue weighted by Crippen LogP contribution is -2.22. The van der Waals surface area contributed by atoms with Crippen molar-refractivity contribution in [2.24, 2.45) is 5.73 Å². The molecule has 114 valence electrons. The number of carbonyl (C=O) groups excluding carboxylic acids is 2. The molecule has 5 nitrogen and oxygen atoms in total. The Balaban J connectivity index is 2.06. The molecule has 0 spiro atoms. The number of hydrogen-bond acceptors (Lipinski definition) is 2. The Morgan fingerprint density at radius 3 is 2.18 bits per heavy atom. The molecule has 2 aromatic carbocycles. The second-order valence-electron chi connectivity index (χ2n) is 5.27. The standard InChI is InChI=1S/C17H19N3O2/c1-11(2)12-7-9-13(10-8-12)19-17(22)20-15-6-4-3-5-14(15)16(18)21/h3-11H,1-2H3,(H2,18,21)(H2,19,20,22). The Kier molecular flexibility index (Phi) is 4.78. The van der Waals surface area contributed by atoms with Crippen molar-refractivity contribution in [1.82, 2.24) is 0 Å². The summed E-state index contributed by atoms with van der Waals surface area (Å²) in [6, 6.07) is 13.8. The van der Waals surface area contributed by atoms with E-state index in [1.807, 2.05) is 24.3 Å².